The molecule has 0 N–H and O–H groups in total. The molecule has 18 heavy (non-hydrogen) atoms. The number of ether oxygens (including phenoxy) is 1. The molecule has 4 nitrogen and oxygen atoms in total. The minimum absolute atomic E-state index is 0.00924. The normalized spacial score (nSPS) is 13.7. The summed E-state index contributed by atoms with van der Waals surface area (Å²) in [7, 11) is 0. The molecule has 0 aliphatic heterocycles. The number of carbonyl (C=O) groups is 1. The molecule has 94 valence electrons. The Bertz CT molecular complexity index is 435. The van der Waals surface area contributed by atoms with Gasteiger partial charge in [0.2, 0.25) is 5.91 Å². The van der Waals surface area contributed by atoms with Crippen molar-refractivity contribution in [3.05, 3.63) is 30.3 Å². The SMILES string of the molecule is N#CCN(C(=O)CCOc1ccccc1)C1CC1. The lowest BCUT2D eigenvalue weighted by molar-refractivity contribution is -0.131. The Morgan fingerprint density at radius 2 is 2.11 bits per heavy atom. The first-order chi connectivity index (χ1) is 8.81. The lowest BCUT2D eigenvalue weighted by Crippen LogP contribution is -2.34. The average Bonchev–Trinajstić information content (AvgIpc) is 3.21. The largest absolute Gasteiger partial charge is 0.493 e. The molecule has 1 aliphatic rings. The number of hydrogen-bond donors (Lipinski definition) is 0. The zero-order valence-electron chi connectivity index (χ0n) is 10.2. The van der Waals surface area contributed by atoms with Gasteiger partial charge in [-0.2, -0.15) is 5.26 Å². The fraction of sp³-hybridized carbons (Fsp3) is 0.429. The van der Waals surface area contributed by atoms with E-state index in [4.69, 9.17) is 10.00 Å². The molecule has 1 amide bonds. The first-order valence-electron chi connectivity index (χ1n) is 6.15. The smallest absolute Gasteiger partial charge is 0.227 e. The van der Waals surface area contributed by atoms with Crippen LogP contribution in [-0.4, -0.2) is 30.0 Å². The number of para-hydroxylation sites is 1. The predicted molar refractivity (Wildman–Crippen MR) is 66.9 cm³/mol. The minimum Gasteiger partial charge on any atom is -0.493 e. The van der Waals surface area contributed by atoms with Crippen LogP contribution in [0.5, 0.6) is 5.75 Å². The quantitative estimate of drug-likeness (QED) is 0.719. The molecule has 0 bridgehead atoms. The van der Waals surface area contributed by atoms with Crippen molar-refractivity contribution in [2.24, 2.45) is 0 Å². The third-order valence-electron chi connectivity index (χ3n) is 2.88. The summed E-state index contributed by atoms with van der Waals surface area (Å²) in [5.41, 5.74) is 0. The van der Waals surface area contributed by atoms with Gasteiger partial charge in [0.05, 0.1) is 19.1 Å². The second-order valence-electron chi connectivity index (χ2n) is 4.32. The van der Waals surface area contributed by atoms with Crippen molar-refractivity contribution in [2.45, 2.75) is 25.3 Å². The first kappa shape index (κ1) is 12.4. The van der Waals surface area contributed by atoms with Crippen molar-refractivity contribution >= 4 is 5.91 Å². The number of amides is 1. The number of nitriles is 1. The van der Waals surface area contributed by atoms with Crippen LogP contribution >= 0.6 is 0 Å². The van der Waals surface area contributed by atoms with E-state index < -0.39 is 0 Å². The second kappa shape index (κ2) is 6.06. The minimum atomic E-state index is 0.00924. The maximum absolute atomic E-state index is 11.9. The van der Waals surface area contributed by atoms with Crippen LogP contribution in [0.4, 0.5) is 0 Å². The number of nitrogens with zero attached hydrogens (tertiary/aromatic N) is 2. The van der Waals surface area contributed by atoms with Gasteiger partial charge in [0, 0.05) is 6.04 Å². The maximum atomic E-state index is 11.9. The van der Waals surface area contributed by atoms with Crippen LogP contribution in [0.1, 0.15) is 19.3 Å². The van der Waals surface area contributed by atoms with Crippen LogP contribution in [0, 0.1) is 11.3 Å². The molecule has 1 saturated carbocycles. The highest BCUT2D eigenvalue weighted by Gasteiger charge is 2.31. The van der Waals surface area contributed by atoms with Gasteiger partial charge >= 0.3 is 0 Å². The zero-order chi connectivity index (χ0) is 12.8. The summed E-state index contributed by atoms with van der Waals surface area (Å²) in [5.74, 6) is 0.776. The molecule has 2 rings (SSSR count). The number of carbonyl (C=O) groups excluding carboxylic acids is 1. The van der Waals surface area contributed by atoms with Crippen LogP contribution in [0.25, 0.3) is 0 Å². The van der Waals surface area contributed by atoms with Gasteiger partial charge in [-0.3, -0.25) is 4.79 Å². The number of rotatable bonds is 6. The fourth-order valence-corrected chi connectivity index (χ4v) is 1.80. The highest BCUT2D eigenvalue weighted by Crippen LogP contribution is 2.27. The van der Waals surface area contributed by atoms with Gasteiger partial charge in [-0.15, -0.1) is 0 Å². The summed E-state index contributed by atoms with van der Waals surface area (Å²) in [4.78, 5) is 13.6. The zero-order valence-corrected chi connectivity index (χ0v) is 10.2. The molecular weight excluding hydrogens is 228 g/mol. The molecule has 1 aromatic carbocycles. The Labute approximate surface area is 107 Å². The van der Waals surface area contributed by atoms with Gasteiger partial charge in [0.1, 0.15) is 12.3 Å². The molecule has 1 aromatic rings. The van der Waals surface area contributed by atoms with E-state index in [-0.39, 0.29) is 18.5 Å². The topological polar surface area (TPSA) is 53.3 Å². The average molecular weight is 244 g/mol. The third kappa shape index (κ3) is 3.49. The second-order valence-corrected chi connectivity index (χ2v) is 4.32. The Morgan fingerprint density at radius 3 is 2.72 bits per heavy atom. The number of hydrogen-bond acceptors (Lipinski definition) is 3. The third-order valence-corrected chi connectivity index (χ3v) is 2.88. The van der Waals surface area contributed by atoms with Gasteiger partial charge in [0.15, 0.2) is 0 Å². The molecule has 0 aromatic heterocycles. The van der Waals surface area contributed by atoms with E-state index in [0.717, 1.165) is 18.6 Å². The predicted octanol–water partition coefficient (Wildman–Crippen LogP) is 1.97. The molecule has 0 unspecified atom stereocenters. The number of benzene rings is 1. The summed E-state index contributed by atoms with van der Waals surface area (Å²) < 4.78 is 5.47. The van der Waals surface area contributed by atoms with Crippen LogP contribution in [0.3, 0.4) is 0 Å². The summed E-state index contributed by atoms with van der Waals surface area (Å²) in [5, 5.41) is 8.69. The molecule has 0 spiro atoms. The molecule has 1 fully saturated rings. The van der Waals surface area contributed by atoms with E-state index in [1.165, 1.54) is 0 Å². The molecular formula is C14H16N2O2. The van der Waals surface area contributed by atoms with Gasteiger partial charge in [0.25, 0.3) is 0 Å². The van der Waals surface area contributed by atoms with E-state index in [2.05, 4.69) is 0 Å². The molecule has 0 radical (unpaired) electrons. The molecule has 0 atom stereocenters. The summed E-state index contributed by atoms with van der Waals surface area (Å²) in [6, 6.07) is 11.7. The Kier molecular flexibility index (Phi) is 4.19. The van der Waals surface area contributed by atoms with E-state index in [9.17, 15) is 4.79 Å². The van der Waals surface area contributed by atoms with Gasteiger partial charge < -0.3 is 9.64 Å². The lowest BCUT2D eigenvalue weighted by atomic mass is 10.3. The van der Waals surface area contributed by atoms with Crippen LogP contribution in [0.15, 0.2) is 30.3 Å². The monoisotopic (exact) mass is 244 g/mol. The van der Waals surface area contributed by atoms with Gasteiger partial charge in [-0.1, -0.05) is 18.2 Å². The van der Waals surface area contributed by atoms with E-state index in [1.807, 2.05) is 36.4 Å². The van der Waals surface area contributed by atoms with Crippen LogP contribution in [-0.2, 0) is 4.79 Å². The van der Waals surface area contributed by atoms with Crippen molar-refractivity contribution < 1.29 is 9.53 Å². The summed E-state index contributed by atoms with van der Waals surface area (Å²) in [6.07, 6.45) is 2.37. The van der Waals surface area contributed by atoms with Crippen LogP contribution in [0.2, 0.25) is 0 Å². The van der Waals surface area contributed by atoms with Crippen molar-refractivity contribution in [3.8, 4) is 11.8 Å². The lowest BCUT2D eigenvalue weighted by Gasteiger charge is -2.18. The van der Waals surface area contributed by atoms with Crippen molar-refractivity contribution in [1.29, 1.82) is 5.26 Å². The van der Waals surface area contributed by atoms with Crippen molar-refractivity contribution in [2.75, 3.05) is 13.2 Å². The van der Waals surface area contributed by atoms with Crippen molar-refractivity contribution in [3.63, 3.8) is 0 Å². The van der Waals surface area contributed by atoms with Crippen LogP contribution < -0.4 is 4.74 Å². The maximum Gasteiger partial charge on any atom is 0.227 e. The summed E-state index contributed by atoms with van der Waals surface area (Å²) >= 11 is 0. The van der Waals surface area contributed by atoms with E-state index in [1.54, 1.807) is 4.90 Å². The van der Waals surface area contributed by atoms with Gasteiger partial charge in [-0.25, -0.2) is 0 Å². The molecule has 0 saturated heterocycles. The fourth-order valence-electron chi connectivity index (χ4n) is 1.80. The Morgan fingerprint density at radius 1 is 1.39 bits per heavy atom. The Balaban J connectivity index is 1.75. The highest BCUT2D eigenvalue weighted by atomic mass is 16.5. The molecule has 4 heteroatoms. The molecule has 0 heterocycles. The molecule has 1 aliphatic carbocycles. The van der Waals surface area contributed by atoms with E-state index in [0.29, 0.717) is 13.0 Å². The summed E-state index contributed by atoms with van der Waals surface area (Å²) in [6.45, 7) is 0.548. The standard InChI is InChI=1S/C14H16N2O2/c15-9-10-16(12-6-7-12)14(17)8-11-18-13-4-2-1-3-5-13/h1-5,12H,6-8,10-11H2. The highest BCUT2D eigenvalue weighted by molar-refractivity contribution is 5.77. The van der Waals surface area contributed by atoms with E-state index >= 15 is 0 Å². The van der Waals surface area contributed by atoms with Crippen molar-refractivity contribution in [1.82, 2.24) is 4.90 Å². The first-order valence-corrected chi connectivity index (χ1v) is 6.15. The van der Waals surface area contributed by atoms with Gasteiger partial charge in [-0.05, 0) is 25.0 Å². The Hall–Kier alpha value is -2.02.